The van der Waals surface area contributed by atoms with Gasteiger partial charge in [-0.1, -0.05) is 30.0 Å². The number of nitrogens with zero attached hydrogens (tertiary/aromatic N) is 2. The molecule has 2 aromatic rings. The van der Waals surface area contributed by atoms with E-state index in [1.807, 2.05) is 0 Å². The van der Waals surface area contributed by atoms with E-state index in [0.29, 0.717) is 24.3 Å². The van der Waals surface area contributed by atoms with E-state index in [4.69, 9.17) is 10.7 Å². The summed E-state index contributed by atoms with van der Waals surface area (Å²) < 4.78 is 56.2. The maximum Gasteiger partial charge on any atom is 0.387 e. The van der Waals surface area contributed by atoms with Crippen molar-refractivity contribution in [1.29, 1.82) is 0 Å². The highest BCUT2D eigenvalue weighted by Crippen LogP contribution is 2.36. The number of guanidine groups is 1. The number of benzene rings is 2. The molecule has 5 nitrogen and oxygen atoms in total. The van der Waals surface area contributed by atoms with Gasteiger partial charge in [0.2, 0.25) is 0 Å². The number of ether oxygens (including phenoxy) is 1. The molecule has 0 saturated carbocycles. The van der Waals surface area contributed by atoms with Gasteiger partial charge in [-0.2, -0.15) is 8.78 Å². The third-order valence-electron chi connectivity index (χ3n) is 4.87. The summed E-state index contributed by atoms with van der Waals surface area (Å²) in [5, 5.41) is 3.25. The maximum atomic E-state index is 14.3. The Morgan fingerprint density at radius 3 is 2.61 bits per heavy atom. The van der Waals surface area contributed by atoms with Crippen LogP contribution in [0.3, 0.4) is 0 Å². The summed E-state index contributed by atoms with van der Waals surface area (Å²) in [4.78, 5) is 6.43. The third-order valence-corrected chi connectivity index (χ3v) is 4.87. The lowest BCUT2D eigenvalue weighted by Crippen LogP contribution is -2.39. The zero-order valence-electron chi connectivity index (χ0n) is 16.8. The van der Waals surface area contributed by atoms with Crippen LogP contribution < -0.4 is 15.8 Å². The second kappa shape index (κ2) is 9.71. The average molecular weight is 434 g/mol. The van der Waals surface area contributed by atoms with Crippen LogP contribution in [-0.4, -0.2) is 44.4 Å². The van der Waals surface area contributed by atoms with Gasteiger partial charge >= 0.3 is 6.61 Å². The van der Waals surface area contributed by atoms with Gasteiger partial charge in [-0.25, -0.2) is 9.38 Å². The lowest BCUT2D eigenvalue weighted by Gasteiger charge is -2.30. The van der Waals surface area contributed by atoms with E-state index < -0.39 is 24.6 Å². The van der Waals surface area contributed by atoms with E-state index in [0.717, 1.165) is 0 Å². The fourth-order valence-electron chi connectivity index (χ4n) is 3.30. The van der Waals surface area contributed by atoms with Crippen molar-refractivity contribution < 1.29 is 22.3 Å². The minimum Gasteiger partial charge on any atom is -0.435 e. The third kappa shape index (κ3) is 5.09. The molecule has 0 radical (unpaired) electrons. The van der Waals surface area contributed by atoms with Crippen LogP contribution >= 0.6 is 0 Å². The highest BCUT2D eigenvalue weighted by Gasteiger charge is 2.37. The molecule has 3 N–H and O–H groups in total. The van der Waals surface area contributed by atoms with E-state index in [2.05, 4.69) is 21.9 Å². The van der Waals surface area contributed by atoms with Crippen LogP contribution in [0.15, 0.2) is 47.5 Å². The van der Waals surface area contributed by atoms with Crippen LogP contribution in [0.5, 0.6) is 5.75 Å². The molecule has 9 heteroatoms. The predicted molar refractivity (Wildman–Crippen MR) is 110 cm³/mol. The Balaban J connectivity index is 2.14. The van der Waals surface area contributed by atoms with E-state index in [-0.39, 0.29) is 23.7 Å². The zero-order chi connectivity index (χ0) is 22.4. The van der Waals surface area contributed by atoms with Crippen LogP contribution in [0.25, 0.3) is 0 Å². The van der Waals surface area contributed by atoms with Crippen molar-refractivity contribution in [1.82, 2.24) is 10.2 Å². The highest BCUT2D eigenvalue weighted by atomic mass is 19.3. The lowest BCUT2D eigenvalue weighted by molar-refractivity contribution is -0.0498. The molecule has 1 atom stereocenters. The van der Waals surface area contributed by atoms with Gasteiger partial charge in [0, 0.05) is 20.0 Å². The van der Waals surface area contributed by atoms with E-state index >= 15 is 0 Å². The summed E-state index contributed by atoms with van der Waals surface area (Å²) in [6.45, 7) is -2.84. The lowest BCUT2D eigenvalue weighted by atomic mass is 9.82. The largest absolute Gasteiger partial charge is 0.435 e. The first kappa shape index (κ1) is 22.4. The summed E-state index contributed by atoms with van der Waals surface area (Å²) in [6, 6.07) is 10.4. The summed E-state index contributed by atoms with van der Waals surface area (Å²) in [6.07, 6.45) is -0.00212. The molecular weight excluding hydrogens is 412 g/mol. The van der Waals surface area contributed by atoms with Gasteiger partial charge in [0.05, 0.1) is 12.2 Å². The first-order chi connectivity index (χ1) is 14.9. The maximum absolute atomic E-state index is 14.3. The number of rotatable bonds is 5. The van der Waals surface area contributed by atoms with Crippen molar-refractivity contribution in [2.75, 3.05) is 26.9 Å². The molecule has 31 heavy (non-hydrogen) atoms. The molecule has 0 saturated heterocycles. The van der Waals surface area contributed by atoms with Crippen molar-refractivity contribution >= 4 is 5.96 Å². The fraction of sp³-hybridized carbons (Fsp3) is 0.318. The van der Waals surface area contributed by atoms with E-state index in [1.165, 1.54) is 18.2 Å². The first-order valence-corrected chi connectivity index (χ1v) is 9.53. The predicted octanol–water partition coefficient (Wildman–Crippen LogP) is 3.19. The Morgan fingerprint density at radius 1 is 1.23 bits per heavy atom. The second-order valence-electron chi connectivity index (χ2n) is 6.95. The molecule has 2 aromatic carbocycles. The molecule has 1 aliphatic rings. The number of aliphatic imine (C=N–C) groups is 1. The number of nitrogens with one attached hydrogen (secondary N) is 1. The van der Waals surface area contributed by atoms with Crippen molar-refractivity contribution in [3.63, 3.8) is 0 Å². The van der Waals surface area contributed by atoms with Gasteiger partial charge in [0.25, 0.3) is 0 Å². The summed E-state index contributed by atoms with van der Waals surface area (Å²) in [5.41, 5.74) is 6.41. The van der Waals surface area contributed by atoms with Crippen LogP contribution in [0.4, 0.5) is 17.6 Å². The summed E-state index contributed by atoms with van der Waals surface area (Å²) >= 11 is 0. The summed E-state index contributed by atoms with van der Waals surface area (Å²) in [5.74, 6) is 4.94. The molecule has 0 fully saturated rings. The molecule has 0 spiro atoms. The normalized spacial score (nSPS) is 18.8. The Kier molecular flexibility index (Phi) is 7.02. The van der Waals surface area contributed by atoms with Gasteiger partial charge in [-0.15, -0.1) is 0 Å². The quantitative estimate of drug-likeness (QED) is 0.561. The Bertz CT molecular complexity index is 1000. The monoisotopic (exact) mass is 434 g/mol. The van der Waals surface area contributed by atoms with Crippen LogP contribution in [0.1, 0.15) is 23.1 Å². The number of hydrogen-bond donors (Lipinski definition) is 2. The zero-order valence-corrected chi connectivity index (χ0v) is 16.8. The summed E-state index contributed by atoms with van der Waals surface area (Å²) in [7, 11) is 1.76. The van der Waals surface area contributed by atoms with Crippen molar-refractivity contribution in [3.8, 4) is 17.6 Å². The Morgan fingerprint density at radius 2 is 1.94 bits per heavy atom. The van der Waals surface area contributed by atoms with Crippen LogP contribution in [-0.2, 0) is 5.54 Å². The fourth-order valence-corrected chi connectivity index (χ4v) is 3.30. The van der Waals surface area contributed by atoms with Crippen molar-refractivity contribution in [2.24, 2.45) is 10.7 Å². The number of hydrogen-bond acceptors (Lipinski definition) is 5. The highest BCUT2D eigenvalue weighted by molar-refractivity contribution is 5.79. The SMILES string of the molecule is CN1CNCC(c2ccc(OC(F)F)cc2)(c2ccc(F)c(C#CCCF)c2)N=C1N. The number of halogens is 4. The smallest absolute Gasteiger partial charge is 0.387 e. The minimum absolute atomic E-state index is 0.00133. The standard InChI is InChI=1S/C22H22F4N4O/c1-30-14-28-13-22(29-21(30)27,16-5-8-18(9-6-16)31-20(25)26)17-7-10-19(24)15(12-17)4-2-3-11-23/h5-10,12,20,28H,3,11,13-14H2,1H3,(H2,27,29). The number of alkyl halides is 3. The molecule has 0 aromatic heterocycles. The van der Waals surface area contributed by atoms with Gasteiger partial charge in [0.15, 0.2) is 5.96 Å². The van der Waals surface area contributed by atoms with Crippen molar-refractivity contribution in [2.45, 2.75) is 18.6 Å². The first-order valence-electron chi connectivity index (χ1n) is 9.53. The average Bonchev–Trinajstić information content (AvgIpc) is 2.89. The van der Waals surface area contributed by atoms with Crippen molar-refractivity contribution in [3.05, 3.63) is 65.0 Å². The molecule has 1 heterocycles. The Hall–Kier alpha value is -3.25. The molecule has 164 valence electrons. The van der Waals surface area contributed by atoms with Gasteiger partial charge < -0.3 is 15.4 Å². The molecular formula is C22H22F4N4O. The molecule has 1 unspecified atom stereocenters. The minimum atomic E-state index is -2.94. The molecule has 0 aliphatic carbocycles. The van der Waals surface area contributed by atoms with Gasteiger partial charge in [0.1, 0.15) is 23.8 Å². The Labute approximate surface area is 177 Å². The van der Waals surface area contributed by atoms with Crippen LogP contribution in [0, 0.1) is 17.7 Å². The molecule has 1 aliphatic heterocycles. The molecule has 0 bridgehead atoms. The topological polar surface area (TPSA) is 62.9 Å². The van der Waals surface area contributed by atoms with Crippen LogP contribution in [0.2, 0.25) is 0 Å². The van der Waals surface area contributed by atoms with Gasteiger partial charge in [-0.05, 0) is 35.4 Å². The molecule has 3 rings (SSSR count). The second-order valence-corrected chi connectivity index (χ2v) is 6.95. The van der Waals surface area contributed by atoms with E-state index in [9.17, 15) is 17.6 Å². The van der Waals surface area contributed by atoms with Gasteiger partial charge in [-0.3, -0.25) is 9.71 Å². The number of nitrogens with two attached hydrogens (primary N) is 1. The van der Waals surface area contributed by atoms with E-state index in [1.54, 1.807) is 36.2 Å². The molecule has 0 amide bonds.